The van der Waals surface area contributed by atoms with E-state index in [0.717, 1.165) is 122 Å². The fraction of sp³-hybridized carbons (Fsp3) is 0.133. The molecule has 0 atom stereocenters. The van der Waals surface area contributed by atoms with Gasteiger partial charge in [0.25, 0.3) is 6.47 Å². The van der Waals surface area contributed by atoms with E-state index in [-0.39, 0.29) is 146 Å². The van der Waals surface area contributed by atoms with Crippen molar-refractivity contribution in [2.45, 2.75) is 77.8 Å². The molecule has 0 amide bonds. The minimum Gasteiger partial charge on any atom is -1.00 e. The molecule has 14 aromatic rings. The molecule has 0 bridgehead atoms. The second kappa shape index (κ2) is 37.7. The van der Waals surface area contributed by atoms with Gasteiger partial charge in [-0.25, -0.2) is 19.9 Å². The molecule has 0 radical (unpaired) electrons. The van der Waals surface area contributed by atoms with Crippen molar-refractivity contribution in [3.8, 4) is 123 Å². The largest absolute Gasteiger partial charge is 1.00 e. The summed E-state index contributed by atoms with van der Waals surface area (Å²) in [7, 11) is -1.14. The van der Waals surface area contributed by atoms with Gasteiger partial charge in [0, 0.05) is 75.0 Å². The summed E-state index contributed by atoms with van der Waals surface area (Å²) in [5.74, 6) is 1.28. The molecule has 0 aliphatic carbocycles. The second-order valence-corrected chi connectivity index (χ2v) is 28.7. The summed E-state index contributed by atoms with van der Waals surface area (Å²) in [4.78, 5) is 44.4. The van der Waals surface area contributed by atoms with Gasteiger partial charge in [0.05, 0.1) is 45.2 Å². The molecule has 0 saturated carbocycles. The van der Waals surface area contributed by atoms with Crippen LogP contribution in [-0.2, 0) is 28.3 Å². The maximum Gasteiger partial charge on any atom is 1.00 e. The van der Waals surface area contributed by atoms with Crippen LogP contribution >= 0.6 is 15.9 Å². The van der Waals surface area contributed by atoms with E-state index in [0.29, 0.717) is 11.6 Å². The van der Waals surface area contributed by atoms with Gasteiger partial charge in [-0.2, -0.15) is 0 Å². The third kappa shape index (κ3) is 20.6. The number of carbonyl (C=O) groups excluding carboxylic acids is 1. The van der Waals surface area contributed by atoms with E-state index in [2.05, 4.69) is 261 Å². The summed E-state index contributed by atoms with van der Waals surface area (Å²) in [6.07, 6.45) is 11.0. The molecule has 19 heteroatoms. The Labute approximate surface area is 766 Å². The first-order valence-corrected chi connectivity index (χ1v) is 36.0. The molecule has 5 aromatic heterocycles. The van der Waals surface area contributed by atoms with Gasteiger partial charge >= 0.3 is 152 Å². The number of halogens is 1. The van der Waals surface area contributed by atoms with E-state index in [1.54, 1.807) is 18.6 Å². The average molecular weight is 1740 g/mol. The minimum atomic E-state index is -0.568. The van der Waals surface area contributed by atoms with Gasteiger partial charge in [0.1, 0.15) is 0 Å². The van der Waals surface area contributed by atoms with Gasteiger partial charge < -0.3 is 30.2 Å². The van der Waals surface area contributed by atoms with Gasteiger partial charge in [-0.15, -0.1) is 0 Å². The van der Waals surface area contributed by atoms with Crippen LogP contribution in [0.25, 0.3) is 123 Å². The quantitative estimate of drug-likeness (QED) is 0.0435. The Hall–Kier alpha value is -7.43. The molecule has 9 aromatic carbocycles. The first-order valence-electron chi connectivity index (χ1n) is 35.2. The standard InChI is InChI=1S/C44H30N4.C34H38B2N2O4.C11H8BrN.CH2O3.2Cs.H/c1-3-9-35(10-4-1)42-28-43(36-11-5-2-6-12-36)48-44(47-42)41-26-39(33-19-15-31(16-20-33)37-13-7-23-45-29-37)25-40(27-41)34-21-17-32(18-22-34)38-14-8-24-46-30-38;1-31(2)32(3,4)40-35(39-31)26-19-25(20-27(21-26)36-41-33(5,6)34(7,8)42-36)30-37-28(23-15-11-9-12-16-23)22-29(38-30)24-17-13-10-14-18-24;12-11-5-3-9(4-6-11)10-2-1-7-13-8-10;2-1-4-3;;;/h1-30H;9-22H,1-8H3;1-8H;1,3H;;;/q;;;;2*+1;-1/p-1. The van der Waals surface area contributed by atoms with E-state index in [1.807, 2.05) is 128 Å². The maximum absolute atomic E-state index is 8.64. The van der Waals surface area contributed by atoms with Crippen molar-refractivity contribution in [2.24, 2.45) is 0 Å². The smallest absolute Gasteiger partial charge is 1.00 e. The predicted molar refractivity (Wildman–Crippen MR) is 431 cm³/mol. The molecule has 530 valence electrons. The van der Waals surface area contributed by atoms with Gasteiger partial charge in [-0.3, -0.25) is 19.7 Å². The fourth-order valence-electron chi connectivity index (χ4n) is 12.3. The van der Waals surface area contributed by atoms with E-state index in [4.69, 9.17) is 48.6 Å². The molecule has 2 aliphatic heterocycles. The number of rotatable bonds is 14. The van der Waals surface area contributed by atoms with E-state index < -0.39 is 36.6 Å². The van der Waals surface area contributed by atoms with Crippen LogP contribution in [0.15, 0.2) is 321 Å². The molecule has 2 saturated heterocycles. The predicted octanol–water partition coefficient (Wildman–Crippen LogP) is 13.1. The molecule has 2 fully saturated rings. The van der Waals surface area contributed by atoms with E-state index in [1.165, 1.54) is 5.56 Å². The van der Waals surface area contributed by atoms with E-state index >= 15 is 0 Å². The number of hydrogen-bond acceptors (Lipinski definition) is 14. The van der Waals surface area contributed by atoms with Crippen LogP contribution in [0.2, 0.25) is 0 Å². The molecule has 0 N–H and O–H groups in total. The van der Waals surface area contributed by atoms with Crippen LogP contribution in [0.3, 0.4) is 0 Å². The SMILES string of the molecule is Brc1ccc(-c2cccnc2)cc1.CC1(C)OB(c2cc(B3OC(C)(C)C(C)(C)O3)cc(-c3nc(-c4ccccc4)cc(-c4ccccc4)n3)c2)OC1(C)C.O=CO[O-].[Cs+].[Cs+].[H-].c1ccc(-c2cc(-c3ccccc3)nc(-c3cc(-c4ccc(-c5cccnc5)cc4)cc(-c4ccc(-c5cccnc5)cc4)c3)n2)cc1. The summed E-state index contributed by atoms with van der Waals surface area (Å²) in [6, 6.07) is 95.5. The second-order valence-electron chi connectivity index (χ2n) is 27.8. The third-order valence-electron chi connectivity index (χ3n) is 19.5. The van der Waals surface area contributed by atoms with Crippen molar-refractivity contribution in [3.63, 3.8) is 0 Å². The number of aromatic nitrogens is 7. The molecular formula is C90H78B2BrCs2N7O7. The number of nitrogens with zero attached hydrogens (tertiary/aromatic N) is 7. The summed E-state index contributed by atoms with van der Waals surface area (Å²) < 4.78 is 27.0. The zero-order valence-corrected chi connectivity index (χ0v) is 76.8. The van der Waals surface area contributed by atoms with Crippen LogP contribution in [-0.4, -0.2) is 78.0 Å². The van der Waals surface area contributed by atoms with Crippen molar-refractivity contribution in [3.05, 3.63) is 321 Å². The zero-order chi connectivity index (χ0) is 74.6. The first-order chi connectivity index (χ1) is 51.8. The monoisotopic (exact) mass is 1740 g/mol. The Morgan fingerprint density at radius 3 is 0.835 bits per heavy atom. The molecule has 16 rings (SSSR count). The van der Waals surface area contributed by atoms with Crippen LogP contribution < -0.4 is 154 Å². The summed E-state index contributed by atoms with van der Waals surface area (Å²) in [5.41, 5.74) is 20.3. The maximum atomic E-state index is 8.64. The Bertz CT molecular complexity index is 5020. The molecular weight excluding hydrogens is 1660 g/mol. The van der Waals surface area contributed by atoms with Crippen molar-refractivity contribution in [1.82, 2.24) is 34.9 Å². The van der Waals surface area contributed by atoms with Crippen LogP contribution in [0, 0.1) is 0 Å². The van der Waals surface area contributed by atoms with Gasteiger partial charge in [-0.1, -0.05) is 234 Å². The Kier molecular flexibility index (Phi) is 28.6. The first kappa shape index (κ1) is 82.5. The van der Waals surface area contributed by atoms with Crippen molar-refractivity contribution >= 4 is 47.6 Å². The van der Waals surface area contributed by atoms with Crippen molar-refractivity contribution < 1.29 is 173 Å². The normalized spacial score (nSPS) is 14.0. The number of hydrogen-bond donors (Lipinski definition) is 0. The van der Waals surface area contributed by atoms with Crippen LogP contribution in [0.1, 0.15) is 56.8 Å². The summed E-state index contributed by atoms with van der Waals surface area (Å²) in [6.45, 7) is 16.3. The van der Waals surface area contributed by atoms with E-state index in [9.17, 15) is 0 Å². The van der Waals surface area contributed by atoms with Crippen molar-refractivity contribution in [1.29, 1.82) is 0 Å². The summed E-state index contributed by atoms with van der Waals surface area (Å²) >= 11 is 3.40. The Morgan fingerprint density at radius 2 is 0.569 bits per heavy atom. The van der Waals surface area contributed by atoms with Crippen LogP contribution in [0.4, 0.5) is 0 Å². The number of carbonyl (C=O) groups is 1. The molecule has 0 spiro atoms. The minimum absolute atomic E-state index is 0. The molecule has 2 aliphatic rings. The van der Waals surface area contributed by atoms with Crippen LogP contribution in [0.5, 0.6) is 0 Å². The van der Waals surface area contributed by atoms with Gasteiger partial charge in [-0.05, 0) is 183 Å². The van der Waals surface area contributed by atoms with Gasteiger partial charge in [0.15, 0.2) is 11.6 Å². The summed E-state index contributed by atoms with van der Waals surface area (Å²) in [5, 5.41) is 8.43. The molecule has 7 heterocycles. The Balaban J connectivity index is 0.000000189. The fourth-order valence-corrected chi connectivity index (χ4v) is 12.5. The van der Waals surface area contributed by atoms with Gasteiger partial charge in [0.2, 0.25) is 0 Å². The Morgan fingerprint density at radius 1 is 0.321 bits per heavy atom. The number of pyridine rings is 3. The van der Waals surface area contributed by atoms with Crippen molar-refractivity contribution in [2.75, 3.05) is 0 Å². The molecule has 0 unspecified atom stereocenters. The zero-order valence-electron chi connectivity index (χ0n) is 63.6. The number of benzene rings is 9. The molecule has 14 nitrogen and oxygen atoms in total. The topological polar surface area (TPSA) is 177 Å². The average Bonchev–Trinajstić information content (AvgIpc) is 1.61. The molecule has 109 heavy (non-hydrogen) atoms. The third-order valence-corrected chi connectivity index (χ3v) is 20.0.